The molecule has 7 heteroatoms. The van der Waals surface area contributed by atoms with Crippen LogP contribution in [0.5, 0.6) is 5.88 Å². The van der Waals surface area contributed by atoms with E-state index >= 15 is 0 Å². The topological polar surface area (TPSA) is 76.6 Å². The number of aromatic nitrogens is 2. The summed E-state index contributed by atoms with van der Waals surface area (Å²) in [5.74, 6) is 0.470. The summed E-state index contributed by atoms with van der Waals surface area (Å²) in [7, 11) is 4.84. The van der Waals surface area contributed by atoms with E-state index in [1.807, 2.05) is 0 Å². The van der Waals surface area contributed by atoms with Gasteiger partial charge in [-0.05, 0) is 19.4 Å². The Morgan fingerprint density at radius 2 is 2.19 bits per heavy atom. The van der Waals surface area contributed by atoms with Crippen LogP contribution in [0, 0.1) is 0 Å². The van der Waals surface area contributed by atoms with Crippen molar-refractivity contribution in [3.63, 3.8) is 0 Å². The molecule has 116 valence electrons. The van der Waals surface area contributed by atoms with Crippen molar-refractivity contribution in [2.45, 2.75) is 24.9 Å². The van der Waals surface area contributed by atoms with Gasteiger partial charge in [-0.25, -0.2) is 4.98 Å². The Hall–Kier alpha value is -1.73. The number of ether oxygens (including phenoxy) is 2. The van der Waals surface area contributed by atoms with Gasteiger partial charge >= 0.3 is 0 Å². The van der Waals surface area contributed by atoms with Crippen molar-refractivity contribution in [3.05, 3.63) is 18.1 Å². The van der Waals surface area contributed by atoms with E-state index in [-0.39, 0.29) is 5.91 Å². The van der Waals surface area contributed by atoms with Crippen molar-refractivity contribution in [3.8, 4) is 5.88 Å². The molecule has 0 aromatic carbocycles. The summed E-state index contributed by atoms with van der Waals surface area (Å²) in [5.41, 5.74) is 0.0812. The maximum atomic E-state index is 12.4. The van der Waals surface area contributed by atoms with Crippen molar-refractivity contribution in [1.82, 2.24) is 20.2 Å². The van der Waals surface area contributed by atoms with Gasteiger partial charge in [0.1, 0.15) is 11.2 Å². The summed E-state index contributed by atoms with van der Waals surface area (Å²) in [4.78, 5) is 23.0. The van der Waals surface area contributed by atoms with Gasteiger partial charge in [0, 0.05) is 33.1 Å². The molecule has 0 spiro atoms. The fraction of sp³-hybridized carbons (Fsp3) is 0.643. The van der Waals surface area contributed by atoms with Gasteiger partial charge in [-0.1, -0.05) is 0 Å². The van der Waals surface area contributed by atoms with Crippen molar-refractivity contribution in [1.29, 1.82) is 0 Å². The van der Waals surface area contributed by atoms with Gasteiger partial charge < -0.3 is 14.8 Å². The molecule has 1 fully saturated rings. The third kappa shape index (κ3) is 2.98. The van der Waals surface area contributed by atoms with Crippen LogP contribution in [-0.2, 0) is 16.1 Å². The average molecular weight is 294 g/mol. The molecule has 1 N–H and O–H groups in total. The van der Waals surface area contributed by atoms with E-state index in [1.165, 1.54) is 0 Å². The Labute approximate surface area is 124 Å². The van der Waals surface area contributed by atoms with Crippen LogP contribution in [0.3, 0.4) is 0 Å². The second kappa shape index (κ2) is 6.82. The molecule has 0 aliphatic carbocycles. The first-order valence-corrected chi connectivity index (χ1v) is 6.98. The number of carbonyl (C=O) groups is 1. The highest BCUT2D eigenvalue weighted by molar-refractivity contribution is 5.86. The lowest BCUT2D eigenvalue weighted by Crippen LogP contribution is -2.57. The highest BCUT2D eigenvalue weighted by Crippen LogP contribution is 2.32. The first-order valence-electron chi connectivity index (χ1n) is 6.98. The number of likely N-dealkylation sites (N-methyl/N-ethyl adjacent to an activating group) is 1. The van der Waals surface area contributed by atoms with Crippen LogP contribution in [-0.4, -0.2) is 60.7 Å². The minimum Gasteiger partial charge on any atom is -0.480 e. The second-order valence-electron chi connectivity index (χ2n) is 5.08. The van der Waals surface area contributed by atoms with Gasteiger partial charge in [-0.2, -0.15) is 0 Å². The van der Waals surface area contributed by atoms with Crippen LogP contribution in [0.1, 0.15) is 18.5 Å². The van der Waals surface area contributed by atoms with Gasteiger partial charge in [-0.3, -0.25) is 14.7 Å². The molecule has 1 aliphatic heterocycles. The van der Waals surface area contributed by atoms with E-state index in [1.54, 1.807) is 33.7 Å². The van der Waals surface area contributed by atoms with Gasteiger partial charge in [0.15, 0.2) is 0 Å². The molecule has 0 radical (unpaired) electrons. The van der Waals surface area contributed by atoms with Gasteiger partial charge in [0.25, 0.3) is 0 Å². The van der Waals surface area contributed by atoms with Gasteiger partial charge in [-0.15, -0.1) is 0 Å². The van der Waals surface area contributed by atoms with Gasteiger partial charge in [0.05, 0.1) is 13.7 Å². The van der Waals surface area contributed by atoms with Gasteiger partial charge in [0.2, 0.25) is 11.8 Å². The van der Waals surface area contributed by atoms with Crippen LogP contribution in [0.4, 0.5) is 0 Å². The molecule has 21 heavy (non-hydrogen) atoms. The summed E-state index contributed by atoms with van der Waals surface area (Å²) in [6, 6.07) is 0. The van der Waals surface area contributed by atoms with Crippen molar-refractivity contribution >= 4 is 5.91 Å². The number of methoxy groups -OCH3 is 2. The molecule has 2 heterocycles. The van der Waals surface area contributed by atoms with Crippen molar-refractivity contribution in [2.24, 2.45) is 0 Å². The molecule has 0 saturated carbocycles. The van der Waals surface area contributed by atoms with Crippen LogP contribution in [0.2, 0.25) is 0 Å². The zero-order valence-corrected chi connectivity index (χ0v) is 12.8. The van der Waals surface area contributed by atoms with E-state index in [4.69, 9.17) is 9.47 Å². The number of amides is 1. The van der Waals surface area contributed by atoms with E-state index in [0.29, 0.717) is 19.0 Å². The molecule has 1 atom stereocenters. The smallest absolute Gasteiger partial charge is 0.242 e. The average Bonchev–Trinajstić information content (AvgIpc) is 2.91. The Kier molecular flexibility index (Phi) is 5.08. The van der Waals surface area contributed by atoms with E-state index in [0.717, 1.165) is 25.1 Å². The maximum absolute atomic E-state index is 12.4. The lowest BCUT2D eigenvalue weighted by Gasteiger charge is -2.36. The predicted molar refractivity (Wildman–Crippen MR) is 76.9 cm³/mol. The number of hydrogen-bond donors (Lipinski definition) is 1. The Morgan fingerprint density at radius 3 is 2.86 bits per heavy atom. The Balaban J connectivity index is 2.26. The van der Waals surface area contributed by atoms with E-state index in [9.17, 15) is 4.79 Å². The predicted octanol–water partition coefficient (Wildman–Crippen LogP) is 0.212. The Morgan fingerprint density at radius 1 is 1.43 bits per heavy atom. The number of carbonyl (C=O) groups excluding carboxylic acids is 1. The highest BCUT2D eigenvalue weighted by atomic mass is 16.5. The number of likely N-dealkylation sites (tertiary alicyclic amines) is 1. The molecule has 0 bridgehead atoms. The van der Waals surface area contributed by atoms with E-state index in [2.05, 4.69) is 20.2 Å². The first-order chi connectivity index (χ1) is 10.2. The third-order valence-corrected chi connectivity index (χ3v) is 3.93. The van der Waals surface area contributed by atoms with Crippen LogP contribution in [0.15, 0.2) is 12.4 Å². The van der Waals surface area contributed by atoms with Crippen LogP contribution in [0.25, 0.3) is 0 Å². The number of nitrogens with one attached hydrogen (secondary N) is 1. The lowest BCUT2D eigenvalue weighted by atomic mass is 9.95. The number of rotatable bonds is 6. The minimum absolute atomic E-state index is 0.0234. The summed E-state index contributed by atoms with van der Waals surface area (Å²) >= 11 is 0. The summed E-state index contributed by atoms with van der Waals surface area (Å²) < 4.78 is 10.5. The summed E-state index contributed by atoms with van der Waals surface area (Å²) in [5, 5.41) is 2.75. The van der Waals surface area contributed by atoms with Crippen LogP contribution >= 0.6 is 0 Å². The van der Waals surface area contributed by atoms with Crippen LogP contribution < -0.4 is 10.1 Å². The molecule has 1 unspecified atom stereocenters. The molecule has 1 aromatic rings. The number of hydrogen-bond acceptors (Lipinski definition) is 6. The van der Waals surface area contributed by atoms with E-state index < -0.39 is 5.54 Å². The summed E-state index contributed by atoms with van der Waals surface area (Å²) in [6.45, 7) is 1.68. The third-order valence-electron chi connectivity index (χ3n) is 3.93. The van der Waals surface area contributed by atoms with Crippen molar-refractivity contribution in [2.75, 3.05) is 34.4 Å². The minimum atomic E-state index is -0.647. The first kappa shape index (κ1) is 15.7. The molecule has 1 saturated heterocycles. The molecule has 1 aromatic heterocycles. The quantitative estimate of drug-likeness (QED) is 0.808. The Bertz CT molecular complexity index is 497. The fourth-order valence-corrected chi connectivity index (χ4v) is 2.94. The zero-order chi connectivity index (χ0) is 15.3. The molecular weight excluding hydrogens is 272 g/mol. The normalized spacial score (nSPS) is 22.2. The second-order valence-corrected chi connectivity index (χ2v) is 5.08. The lowest BCUT2D eigenvalue weighted by molar-refractivity contribution is -0.135. The van der Waals surface area contributed by atoms with Crippen molar-refractivity contribution < 1.29 is 14.3 Å². The maximum Gasteiger partial charge on any atom is 0.242 e. The SMILES string of the molecule is CNC(=O)C1(COC)CCCN1Cc1nccnc1OC. The monoisotopic (exact) mass is 294 g/mol. The molecular formula is C14H22N4O3. The zero-order valence-electron chi connectivity index (χ0n) is 12.8. The fourth-order valence-electron chi connectivity index (χ4n) is 2.94. The highest BCUT2D eigenvalue weighted by Gasteiger charge is 2.47. The number of nitrogens with zero attached hydrogens (tertiary/aromatic N) is 3. The molecule has 2 rings (SSSR count). The molecule has 1 amide bonds. The largest absolute Gasteiger partial charge is 0.480 e. The molecule has 1 aliphatic rings. The summed E-state index contributed by atoms with van der Waals surface area (Å²) in [6.07, 6.45) is 4.93. The molecule has 7 nitrogen and oxygen atoms in total. The standard InChI is InChI=1S/C14H22N4O3/c1-15-13(19)14(10-20-2)5-4-8-18(14)9-11-12(21-3)17-7-6-16-11/h6-7H,4-5,8-10H2,1-3H3,(H,15,19).